The van der Waals surface area contributed by atoms with E-state index in [9.17, 15) is 9.59 Å². The first-order valence-corrected chi connectivity index (χ1v) is 8.32. The molecule has 0 aliphatic rings. The maximum absolute atomic E-state index is 12.8. The lowest BCUT2D eigenvalue weighted by molar-refractivity contribution is 0.414. The van der Waals surface area contributed by atoms with Crippen molar-refractivity contribution < 1.29 is 4.74 Å². The van der Waals surface area contributed by atoms with Crippen molar-refractivity contribution in [3.8, 4) is 11.4 Å². The molecule has 0 bridgehead atoms. The highest BCUT2D eigenvalue weighted by atomic mass is 16.5. The van der Waals surface area contributed by atoms with Crippen molar-refractivity contribution in [3.05, 3.63) is 57.0 Å². The number of fused-ring (bicyclic) bond motifs is 3. The Kier molecular flexibility index (Phi) is 3.50. The number of hydrogen-bond donors (Lipinski definition) is 0. The summed E-state index contributed by atoms with van der Waals surface area (Å²) in [6.45, 7) is 4.03. The van der Waals surface area contributed by atoms with Crippen molar-refractivity contribution in [3.63, 3.8) is 0 Å². The highest BCUT2D eigenvalue weighted by Gasteiger charge is 2.20. The molecule has 0 amide bonds. The van der Waals surface area contributed by atoms with Crippen molar-refractivity contribution in [1.29, 1.82) is 0 Å². The molecule has 0 N–H and O–H groups in total. The van der Waals surface area contributed by atoms with Crippen LogP contribution in [0, 0.1) is 6.92 Å². The van der Waals surface area contributed by atoms with E-state index in [1.807, 2.05) is 42.0 Å². The van der Waals surface area contributed by atoms with Gasteiger partial charge in [-0.15, -0.1) is 0 Å². The average Bonchev–Trinajstić information content (AvgIpc) is 3.15. The van der Waals surface area contributed by atoms with Gasteiger partial charge < -0.3 is 4.74 Å². The van der Waals surface area contributed by atoms with Gasteiger partial charge in [0.15, 0.2) is 11.2 Å². The fourth-order valence-electron chi connectivity index (χ4n) is 3.36. The quantitative estimate of drug-likeness (QED) is 0.559. The van der Waals surface area contributed by atoms with E-state index in [4.69, 9.17) is 4.74 Å². The molecular weight excluding hydrogens is 334 g/mol. The van der Waals surface area contributed by atoms with Gasteiger partial charge in [0.05, 0.1) is 12.8 Å². The molecule has 0 atom stereocenters. The Morgan fingerprint density at radius 1 is 1.23 bits per heavy atom. The van der Waals surface area contributed by atoms with Gasteiger partial charge in [0.1, 0.15) is 5.75 Å². The number of hydrogen-bond acceptors (Lipinski definition) is 4. The number of nitrogens with zero attached hydrogens (tertiary/aromatic N) is 5. The molecule has 0 unspecified atom stereocenters. The van der Waals surface area contributed by atoms with Gasteiger partial charge in [0, 0.05) is 31.5 Å². The van der Waals surface area contributed by atoms with Crippen molar-refractivity contribution in [2.24, 2.45) is 7.05 Å². The number of methoxy groups -OCH3 is 1. The first-order valence-electron chi connectivity index (χ1n) is 8.32. The fourth-order valence-corrected chi connectivity index (χ4v) is 3.36. The van der Waals surface area contributed by atoms with Crippen molar-refractivity contribution in [2.45, 2.75) is 20.4 Å². The molecule has 3 heterocycles. The molecule has 0 radical (unpaired) electrons. The Bertz CT molecular complexity index is 1270. The smallest absolute Gasteiger partial charge is 0.332 e. The summed E-state index contributed by atoms with van der Waals surface area (Å²) in [5, 5.41) is 0. The first kappa shape index (κ1) is 16.2. The highest BCUT2D eigenvalue weighted by molar-refractivity contribution is 5.76. The van der Waals surface area contributed by atoms with E-state index in [0.717, 1.165) is 17.1 Å². The Hall–Kier alpha value is -3.29. The predicted octanol–water partition coefficient (Wildman–Crippen LogP) is 1.48. The zero-order chi connectivity index (χ0) is 18.6. The van der Waals surface area contributed by atoms with E-state index < -0.39 is 0 Å². The van der Waals surface area contributed by atoms with Crippen LogP contribution in [0.15, 0.2) is 40.1 Å². The zero-order valence-electron chi connectivity index (χ0n) is 15.1. The molecule has 26 heavy (non-hydrogen) atoms. The Labute approximate surface area is 148 Å². The molecule has 8 heteroatoms. The number of aromatic nitrogens is 5. The topological polar surface area (TPSA) is 75.5 Å². The summed E-state index contributed by atoms with van der Waals surface area (Å²) in [7, 11) is 3.25. The number of aryl methyl sites for hydroxylation is 2. The van der Waals surface area contributed by atoms with E-state index in [0.29, 0.717) is 23.5 Å². The van der Waals surface area contributed by atoms with Crippen LogP contribution in [0.4, 0.5) is 0 Å². The minimum atomic E-state index is -0.365. The molecule has 0 saturated carbocycles. The largest absolute Gasteiger partial charge is 0.497 e. The lowest BCUT2D eigenvalue weighted by Crippen LogP contribution is -2.38. The second-order valence-electron chi connectivity index (χ2n) is 6.15. The van der Waals surface area contributed by atoms with Crippen molar-refractivity contribution in [2.75, 3.05) is 7.11 Å². The van der Waals surface area contributed by atoms with E-state index >= 15 is 0 Å². The predicted molar refractivity (Wildman–Crippen MR) is 98.5 cm³/mol. The first-order chi connectivity index (χ1) is 12.5. The molecule has 3 aromatic heterocycles. The standard InChI is InChI=1S/C18H19N5O3/c1-5-21-16(24)14-15(20(3)18(21)25)19-17-22(14)10-11(2)23(17)12-7-6-8-13(9-12)26-4/h6-10H,5H2,1-4H3. The van der Waals surface area contributed by atoms with Gasteiger partial charge in [-0.05, 0) is 26.0 Å². The molecule has 0 saturated heterocycles. The second-order valence-corrected chi connectivity index (χ2v) is 6.15. The van der Waals surface area contributed by atoms with Crippen LogP contribution in [0.3, 0.4) is 0 Å². The van der Waals surface area contributed by atoms with E-state index in [-0.39, 0.29) is 11.2 Å². The van der Waals surface area contributed by atoms with Crippen LogP contribution in [0.25, 0.3) is 22.6 Å². The lowest BCUT2D eigenvalue weighted by Gasteiger charge is -2.07. The van der Waals surface area contributed by atoms with Crippen LogP contribution in [0.1, 0.15) is 12.6 Å². The summed E-state index contributed by atoms with van der Waals surface area (Å²) in [5.41, 5.74) is 1.85. The molecule has 4 aromatic rings. The molecule has 0 aliphatic carbocycles. The number of benzene rings is 1. The van der Waals surface area contributed by atoms with Gasteiger partial charge >= 0.3 is 5.69 Å². The summed E-state index contributed by atoms with van der Waals surface area (Å²) in [6.07, 6.45) is 1.86. The number of rotatable bonds is 3. The van der Waals surface area contributed by atoms with Crippen LogP contribution in [0.2, 0.25) is 0 Å². The third-order valence-electron chi connectivity index (χ3n) is 4.65. The van der Waals surface area contributed by atoms with Crippen LogP contribution in [-0.2, 0) is 13.6 Å². The lowest BCUT2D eigenvalue weighted by atomic mass is 10.3. The number of imidazole rings is 2. The number of ether oxygens (including phenoxy) is 1. The Morgan fingerprint density at radius 2 is 2.00 bits per heavy atom. The maximum atomic E-state index is 12.8. The molecule has 1 aromatic carbocycles. The molecular formula is C18H19N5O3. The van der Waals surface area contributed by atoms with E-state index in [2.05, 4.69) is 4.98 Å². The van der Waals surface area contributed by atoms with Gasteiger partial charge in [-0.3, -0.25) is 22.9 Å². The second kappa shape index (κ2) is 5.62. The molecule has 134 valence electrons. The third-order valence-corrected chi connectivity index (χ3v) is 4.65. The van der Waals surface area contributed by atoms with Gasteiger partial charge in [-0.1, -0.05) is 6.07 Å². The summed E-state index contributed by atoms with van der Waals surface area (Å²) >= 11 is 0. The summed E-state index contributed by atoms with van der Waals surface area (Å²) in [4.78, 5) is 29.8. The molecule has 0 spiro atoms. The van der Waals surface area contributed by atoms with Crippen molar-refractivity contribution in [1.82, 2.24) is 23.1 Å². The summed E-state index contributed by atoms with van der Waals surface area (Å²) < 4.78 is 11.6. The zero-order valence-corrected chi connectivity index (χ0v) is 15.1. The Morgan fingerprint density at radius 3 is 2.69 bits per heavy atom. The maximum Gasteiger partial charge on any atom is 0.332 e. The third kappa shape index (κ3) is 2.05. The van der Waals surface area contributed by atoms with Crippen LogP contribution in [-0.4, -0.2) is 30.2 Å². The monoisotopic (exact) mass is 353 g/mol. The van der Waals surface area contributed by atoms with Crippen molar-refractivity contribution >= 4 is 16.9 Å². The summed E-state index contributed by atoms with van der Waals surface area (Å²) in [5.74, 6) is 1.30. The molecule has 0 fully saturated rings. The van der Waals surface area contributed by atoms with E-state index in [1.54, 1.807) is 25.5 Å². The average molecular weight is 353 g/mol. The van der Waals surface area contributed by atoms with Crippen LogP contribution < -0.4 is 16.0 Å². The van der Waals surface area contributed by atoms with Gasteiger partial charge in [0.25, 0.3) is 5.56 Å². The van der Waals surface area contributed by atoms with Gasteiger partial charge in [0.2, 0.25) is 5.78 Å². The molecule has 8 nitrogen and oxygen atoms in total. The van der Waals surface area contributed by atoms with E-state index in [1.165, 1.54) is 9.13 Å². The highest BCUT2D eigenvalue weighted by Crippen LogP contribution is 2.23. The Balaban J connectivity index is 2.15. The summed E-state index contributed by atoms with van der Waals surface area (Å²) in [6, 6.07) is 7.60. The van der Waals surface area contributed by atoms with Gasteiger partial charge in [-0.25, -0.2) is 4.79 Å². The molecule has 4 rings (SSSR count). The molecule has 0 aliphatic heterocycles. The minimum Gasteiger partial charge on any atom is -0.497 e. The SMILES string of the molecule is CCn1c(=O)c2c(nc3n(-c4cccc(OC)c4)c(C)cn23)n(C)c1=O. The fraction of sp³-hybridized carbons (Fsp3) is 0.278. The van der Waals surface area contributed by atoms with Crippen LogP contribution in [0.5, 0.6) is 5.75 Å². The normalized spacial score (nSPS) is 11.5. The van der Waals surface area contributed by atoms with Crippen LogP contribution >= 0.6 is 0 Å². The minimum absolute atomic E-state index is 0.310. The van der Waals surface area contributed by atoms with Gasteiger partial charge in [-0.2, -0.15) is 4.98 Å².